The summed E-state index contributed by atoms with van der Waals surface area (Å²) in [4.78, 5) is 38.5. The van der Waals surface area contributed by atoms with Crippen LogP contribution in [0.2, 0.25) is 0 Å². The molecule has 31 heavy (non-hydrogen) atoms. The summed E-state index contributed by atoms with van der Waals surface area (Å²) in [5.74, 6) is -5.35. The van der Waals surface area contributed by atoms with Crippen LogP contribution in [0.1, 0.15) is 25.0 Å². The number of nitrogens with one attached hydrogen (secondary N) is 1. The average Bonchev–Trinajstić information content (AvgIpc) is 3.32. The maximum Gasteiger partial charge on any atom is 0.498 e. The average molecular weight is 466 g/mol. The minimum Gasteiger partial charge on any atom is -0.346 e. The summed E-state index contributed by atoms with van der Waals surface area (Å²) < 4.78 is 75.9. The van der Waals surface area contributed by atoms with Crippen LogP contribution >= 0.6 is 11.3 Å². The van der Waals surface area contributed by atoms with Crippen LogP contribution in [0.15, 0.2) is 42.6 Å². The maximum absolute atomic E-state index is 12.5. The van der Waals surface area contributed by atoms with Gasteiger partial charge < -0.3 is 5.32 Å². The van der Waals surface area contributed by atoms with E-state index in [1.54, 1.807) is 0 Å². The SMILES string of the molecule is O=C(NCc1cccc2cc[n+](OC(=O)C(F)(F)F)n12)c1ccc(C(=O)C(F)(F)F)s1. The van der Waals surface area contributed by atoms with Gasteiger partial charge in [-0.05, 0) is 24.3 Å². The van der Waals surface area contributed by atoms with Crippen molar-refractivity contribution >= 4 is 34.5 Å². The van der Waals surface area contributed by atoms with E-state index in [0.717, 1.165) is 22.8 Å². The van der Waals surface area contributed by atoms with E-state index >= 15 is 0 Å². The van der Waals surface area contributed by atoms with Gasteiger partial charge in [0, 0.05) is 6.07 Å². The summed E-state index contributed by atoms with van der Waals surface area (Å²) in [5, 5.41) is 2.38. The molecular formula is C17H10F6N3O4S+. The monoisotopic (exact) mass is 466 g/mol. The summed E-state index contributed by atoms with van der Waals surface area (Å²) in [6.45, 7) is -0.283. The highest BCUT2D eigenvalue weighted by Gasteiger charge is 2.45. The molecule has 0 aliphatic carbocycles. The number of ketones is 1. The number of aromatic nitrogens is 2. The van der Waals surface area contributed by atoms with Gasteiger partial charge in [0.25, 0.3) is 17.9 Å². The van der Waals surface area contributed by atoms with Gasteiger partial charge in [-0.25, -0.2) is 4.79 Å². The molecule has 0 spiro atoms. The molecule has 7 nitrogen and oxygen atoms in total. The molecule has 0 fully saturated rings. The molecule has 3 heterocycles. The molecule has 0 saturated carbocycles. The topological polar surface area (TPSA) is 80.8 Å². The zero-order valence-corrected chi connectivity index (χ0v) is 15.8. The second-order valence-corrected chi connectivity index (χ2v) is 7.01. The minimum absolute atomic E-state index is 0.177. The van der Waals surface area contributed by atoms with Gasteiger partial charge >= 0.3 is 18.3 Å². The number of amides is 1. The second kappa shape index (κ2) is 8.02. The third kappa shape index (κ3) is 4.84. The van der Waals surface area contributed by atoms with Gasteiger partial charge in [-0.3, -0.25) is 9.59 Å². The quantitative estimate of drug-likeness (QED) is 0.356. The van der Waals surface area contributed by atoms with Crippen LogP contribution in [-0.2, 0) is 11.3 Å². The van der Waals surface area contributed by atoms with E-state index in [0.29, 0.717) is 21.7 Å². The van der Waals surface area contributed by atoms with E-state index in [9.17, 15) is 40.7 Å². The van der Waals surface area contributed by atoms with Gasteiger partial charge in [-0.1, -0.05) is 10.6 Å². The summed E-state index contributed by atoms with van der Waals surface area (Å²) in [6.07, 6.45) is -9.26. The fraction of sp³-hybridized carbons (Fsp3) is 0.176. The van der Waals surface area contributed by atoms with E-state index in [-0.39, 0.29) is 17.1 Å². The van der Waals surface area contributed by atoms with Crippen LogP contribution in [0.25, 0.3) is 5.52 Å². The predicted molar refractivity (Wildman–Crippen MR) is 91.1 cm³/mol. The zero-order chi connectivity index (χ0) is 23.0. The number of alkyl halides is 6. The smallest absolute Gasteiger partial charge is 0.346 e. The standard InChI is InChI=1S/C17H9F6N3O4S/c18-16(19,20)13(27)11-4-5-12(31-11)14(28)24-8-10-3-1-2-9-6-7-25(26(9)10)30-15(29)17(21,22)23/h1-7H,8H2/p+1. The van der Waals surface area contributed by atoms with Crippen molar-refractivity contribution in [3.8, 4) is 0 Å². The van der Waals surface area contributed by atoms with Crippen LogP contribution in [0.5, 0.6) is 0 Å². The van der Waals surface area contributed by atoms with Crippen LogP contribution in [0.3, 0.4) is 0 Å². The second-order valence-electron chi connectivity index (χ2n) is 5.92. The molecule has 1 amide bonds. The molecule has 1 N–H and O–H groups in total. The fourth-order valence-electron chi connectivity index (χ4n) is 2.46. The third-order valence-corrected chi connectivity index (χ3v) is 4.87. The normalized spacial score (nSPS) is 12.1. The summed E-state index contributed by atoms with van der Waals surface area (Å²) in [6, 6.07) is 7.70. The number of Topliss-reactive ketones (excluding diaryl/α,β-unsaturated/α-hetero) is 1. The van der Waals surface area contributed by atoms with Crippen LogP contribution in [-0.4, -0.2) is 34.5 Å². The lowest BCUT2D eigenvalue weighted by atomic mass is 10.3. The molecule has 0 aliphatic rings. The summed E-state index contributed by atoms with van der Waals surface area (Å²) in [7, 11) is 0. The Labute approximate surface area is 172 Å². The number of carbonyl (C=O) groups excluding carboxylic acids is 3. The van der Waals surface area contributed by atoms with Gasteiger partial charge in [0.05, 0.1) is 16.3 Å². The molecular weight excluding hydrogens is 456 g/mol. The number of pyridine rings is 1. The molecule has 0 radical (unpaired) electrons. The first kappa shape index (κ1) is 22.3. The molecule has 3 rings (SSSR count). The van der Waals surface area contributed by atoms with Gasteiger partial charge in [0.1, 0.15) is 16.1 Å². The molecule has 0 aromatic carbocycles. The Hall–Kier alpha value is -3.42. The maximum atomic E-state index is 12.5. The molecule has 3 aromatic heterocycles. The molecule has 0 unspecified atom stereocenters. The highest BCUT2D eigenvalue weighted by molar-refractivity contribution is 7.16. The van der Waals surface area contributed by atoms with Crippen molar-refractivity contribution < 1.29 is 50.4 Å². The van der Waals surface area contributed by atoms with Crippen LogP contribution in [0.4, 0.5) is 26.3 Å². The van der Waals surface area contributed by atoms with Crippen molar-refractivity contribution in [3.63, 3.8) is 0 Å². The molecule has 0 saturated heterocycles. The van der Waals surface area contributed by atoms with E-state index < -0.39 is 34.9 Å². The Balaban J connectivity index is 1.78. The molecule has 0 aliphatic heterocycles. The Kier molecular flexibility index (Phi) is 5.76. The first-order chi connectivity index (χ1) is 14.4. The summed E-state index contributed by atoms with van der Waals surface area (Å²) >= 11 is 0.343. The number of halogens is 6. The number of thiophene rings is 1. The summed E-state index contributed by atoms with van der Waals surface area (Å²) in [5.41, 5.74) is 0.518. The van der Waals surface area contributed by atoms with Gasteiger partial charge in [0.2, 0.25) is 0 Å². The Morgan fingerprint density at radius 2 is 1.65 bits per heavy atom. The Bertz CT molecular complexity index is 1160. The number of carbonyl (C=O) groups is 3. The van der Waals surface area contributed by atoms with E-state index in [1.807, 2.05) is 0 Å². The van der Waals surface area contributed by atoms with Crippen molar-refractivity contribution in [2.45, 2.75) is 18.9 Å². The molecule has 0 atom stereocenters. The molecule has 164 valence electrons. The largest absolute Gasteiger partial charge is 0.498 e. The lowest BCUT2D eigenvalue weighted by Gasteiger charge is -2.06. The number of rotatable bonds is 5. The van der Waals surface area contributed by atoms with Gasteiger partial charge in [-0.2, -0.15) is 31.2 Å². The number of fused-ring (bicyclic) bond motifs is 1. The highest BCUT2D eigenvalue weighted by atomic mass is 32.1. The molecule has 14 heteroatoms. The van der Waals surface area contributed by atoms with Crippen LogP contribution < -0.4 is 15.0 Å². The Morgan fingerprint density at radius 1 is 0.968 bits per heavy atom. The molecule has 0 bridgehead atoms. The van der Waals surface area contributed by atoms with E-state index in [4.69, 9.17) is 0 Å². The van der Waals surface area contributed by atoms with Crippen LogP contribution in [0, 0.1) is 0 Å². The number of hydrogen-bond acceptors (Lipinski definition) is 5. The number of hydrogen-bond donors (Lipinski definition) is 1. The highest BCUT2D eigenvalue weighted by Crippen LogP contribution is 2.26. The zero-order valence-electron chi connectivity index (χ0n) is 15.0. The fourth-order valence-corrected chi connectivity index (χ4v) is 3.34. The third-order valence-electron chi connectivity index (χ3n) is 3.79. The van der Waals surface area contributed by atoms with Crippen molar-refractivity contribution in [1.82, 2.24) is 9.83 Å². The first-order valence-electron chi connectivity index (χ1n) is 8.18. The van der Waals surface area contributed by atoms with Crippen molar-refractivity contribution in [2.75, 3.05) is 0 Å². The lowest BCUT2D eigenvalue weighted by Crippen LogP contribution is -2.54. The van der Waals surface area contributed by atoms with E-state index in [2.05, 4.69) is 10.2 Å². The van der Waals surface area contributed by atoms with Crippen molar-refractivity contribution in [3.05, 3.63) is 58.0 Å². The lowest BCUT2D eigenvalue weighted by molar-refractivity contribution is -0.921. The Morgan fingerprint density at radius 3 is 2.29 bits per heavy atom. The number of nitrogens with zero attached hydrogens (tertiary/aromatic N) is 2. The molecule has 3 aromatic rings. The first-order valence-corrected chi connectivity index (χ1v) is 9.00. The van der Waals surface area contributed by atoms with E-state index in [1.165, 1.54) is 24.3 Å². The van der Waals surface area contributed by atoms with Gasteiger partial charge in [-0.15, -0.1) is 11.3 Å². The van der Waals surface area contributed by atoms with Gasteiger partial charge in [0.15, 0.2) is 0 Å². The minimum atomic E-state index is -5.23. The van der Waals surface area contributed by atoms with Crippen molar-refractivity contribution in [1.29, 1.82) is 0 Å². The predicted octanol–water partition coefficient (Wildman–Crippen LogP) is 2.48. The van der Waals surface area contributed by atoms with Crippen molar-refractivity contribution in [2.24, 2.45) is 0 Å².